The number of anilines is 2. The number of para-hydroxylation sites is 2. The fourth-order valence-corrected chi connectivity index (χ4v) is 4.36. The molecule has 0 amide bonds. The van der Waals surface area contributed by atoms with E-state index in [4.69, 9.17) is 4.98 Å². The Kier molecular flexibility index (Phi) is 5.22. The highest BCUT2D eigenvalue weighted by atomic mass is 32.2. The summed E-state index contributed by atoms with van der Waals surface area (Å²) < 4.78 is 2.03. The lowest BCUT2D eigenvalue weighted by Gasteiger charge is -2.08. The summed E-state index contributed by atoms with van der Waals surface area (Å²) in [6, 6.07) is 16.5. The van der Waals surface area contributed by atoms with Gasteiger partial charge < -0.3 is 5.32 Å². The van der Waals surface area contributed by atoms with Crippen molar-refractivity contribution in [3.63, 3.8) is 0 Å². The van der Waals surface area contributed by atoms with Gasteiger partial charge in [0.05, 0.1) is 11.4 Å². The van der Waals surface area contributed by atoms with Gasteiger partial charge >= 0.3 is 0 Å². The van der Waals surface area contributed by atoms with Gasteiger partial charge in [-0.15, -0.1) is 21.5 Å². The molecule has 0 spiro atoms. The summed E-state index contributed by atoms with van der Waals surface area (Å²) in [5, 5.41) is 15.6. The third-order valence-corrected chi connectivity index (χ3v) is 5.96. The number of thioether (sulfide) groups is 1. The molecule has 0 unspecified atom stereocenters. The van der Waals surface area contributed by atoms with E-state index in [0.717, 1.165) is 33.1 Å². The Morgan fingerprint density at radius 1 is 1.04 bits per heavy atom. The zero-order valence-corrected chi connectivity index (χ0v) is 16.7. The molecule has 2 aromatic heterocycles. The third kappa shape index (κ3) is 4.04. The smallest absolute Gasteiger partial charge is 0.196 e. The van der Waals surface area contributed by atoms with Gasteiger partial charge in [-0.1, -0.05) is 48.2 Å². The van der Waals surface area contributed by atoms with E-state index in [1.807, 2.05) is 28.8 Å². The minimum Gasteiger partial charge on any atom is -0.331 e. The molecule has 4 aromatic rings. The molecule has 0 aliphatic carbocycles. The van der Waals surface area contributed by atoms with Gasteiger partial charge in [0.1, 0.15) is 6.33 Å². The number of aromatic nitrogens is 4. The van der Waals surface area contributed by atoms with Gasteiger partial charge in [0.2, 0.25) is 0 Å². The molecule has 0 saturated heterocycles. The van der Waals surface area contributed by atoms with E-state index in [2.05, 4.69) is 59.0 Å². The summed E-state index contributed by atoms with van der Waals surface area (Å²) in [6.07, 6.45) is 1.76. The molecule has 5 nitrogen and oxygen atoms in total. The molecule has 4 rings (SSSR count). The molecule has 0 saturated carbocycles. The van der Waals surface area contributed by atoms with Gasteiger partial charge in [0.25, 0.3) is 0 Å². The van der Waals surface area contributed by atoms with Crippen LogP contribution in [0.1, 0.15) is 16.8 Å². The summed E-state index contributed by atoms with van der Waals surface area (Å²) in [4.78, 5) is 4.70. The minimum absolute atomic E-state index is 0.747. The summed E-state index contributed by atoms with van der Waals surface area (Å²) in [6.45, 7) is 4.18. The van der Waals surface area contributed by atoms with E-state index >= 15 is 0 Å². The molecule has 0 bridgehead atoms. The van der Waals surface area contributed by atoms with Gasteiger partial charge in [0, 0.05) is 16.8 Å². The van der Waals surface area contributed by atoms with Crippen molar-refractivity contribution in [3.05, 3.63) is 77.1 Å². The predicted octanol–water partition coefficient (Wildman–Crippen LogP) is 5.38. The largest absolute Gasteiger partial charge is 0.331 e. The van der Waals surface area contributed by atoms with Crippen LogP contribution in [0.15, 0.2) is 65.4 Å². The normalized spacial score (nSPS) is 10.9. The van der Waals surface area contributed by atoms with Crippen molar-refractivity contribution in [3.8, 4) is 5.69 Å². The highest BCUT2D eigenvalue weighted by Gasteiger charge is 2.11. The van der Waals surface area contributed by atoms with E-state index in [0.29, 0.717) is 0 Å². The monoisotopic (exact) mass is 393 g/mol. The number of nitrogens with zero attached hydrogens (tertiary/aromatic N) is 4. The van der Waals surface area contributed by atoms with Crippen LogP contribution in [0, 0.1) is 13.8 Å². The van der Waals surface area contributed by atoms with Crippen LogP contribution in [-0.4, -0.2) is 19.7 Å². The van der Waals surface area contributed by atoms with Crippen LogP contribution in [0.25, 0.3) is 5.69 Å². The maximum absolute atomic E-state index is 4.70. The number of thiazole rings is 1. The van der Waals surface area contributed by atoms with Crippen LogP contribution in [0.5, 0.6) is 0 Å². The maximum Gasteiger partial charge on any atom is 0.196 e. The second-order valence-corrected chi connectivity index (χ2v) is 7.94. The lowest BCUT2D eigenvalue weighted by molar-refractivity contribution is 0.877. The van der Waals surface area contributed by atoms with Crippen molar-refractivity contribution in [2.24, 2.45) is 0 Å². The molecule has 1 N–H and O–H groups in total. The molecule has 2 aromatic carbocycles. The zero-order valence-electron chi connectivity index (χ0n) is 15.1. The Bertz CT molecular complexity index is 1050. The number of benzene rings is 2. The van der Waals surface area contributed by atoms with Crippen LogP contribution < -0.4 is 5.32 Å². The van der Waals surface area contributed by atoms with Crippen molar-refractivity contribution < 1.29 is 0 Å². The summed E-state index contributed by atoms with van der Waals surface area (Å²) >= 11 is 3.25. The maximum atomic E-state index is 4.70. The number of hydrogen-bond acceptors (Lipinski definition) is 6. The van der Waals surface area contributed by atoms with Gasteiger partial charge in [-0.05, 0) is 37.1 Å². The Hall–Kier alpha value is -2.64. The number of aryl methyl sites for hydroxylation is 2. The van der Waals surface area contributed by atoms with E-state index in [-0.39, 0.29) is 0 Å². The number of rotatable bonds is 6. The molecule has 0 aliphatic rings. The molecule has 0 fully saturated rings. The van der Waals surface area contributed by atoms with Gasteiger partial charge in [0.15, 0.2) is 10.3 Å². The van der Waals surface area contributed by atoms with Crippen molar-refractivity contribution in [2.45, 2.75) is 24.8 Å². The number of nitrogens with one attached hydrogen (secondary N) is 1. The summed E-state index contributed by atoms with van der Waals surface area (Å²) in [5.41, 5.74) is 5.61. The van der Waals surface area contributed by atoms with Crippen LogP contribution >= 0.6 is 23.1 Å². The Balaban J connectivity index is 1.45. The summed E-state index contributed by atoms with van der Waals surface area (Å²) in [5.74, 6) is 0.747. The molecule has 0 atom stereocenters. The standard InChI is InChI=1S/C20H19N5S2/c1-14-7-3-5-9-17(14)23-19-22-16(11-26-19)12-27-20-24-21-13-25(20)18-10-6-4-8-15(18)2/h3-11,13H,12H2,1-2H3,(H,22,23). The molecule has 0 aliphatic heterocycles. The highest BCUT2D eigenvalue weighted by molar-refractivity contribution is 7.98. The Morgan fingerprint density at radius 2 is 1.81 bits per heavy atom. The molecular formula is C20H19N5S2. The van der Waals surface area contributed by atoms with E-state index in [1.54, 1.807) is 29.4 Å². The third-order valence-electron chi connectivity index (χ3n) is 4.18. The van der Waals surface area contributed by atoms with Gasteiger partial charge in [-0.25, -0.2) is 4.98 Å². The Labute approximate surface area is 166 Å². The molecule has 0 radical (unpaired) electrons. The zero-order chi connectivity index (χ0) is 18.6. The fourth-order valence-electron chi connectivity index (χ4n) is 2.72. The van der Waals surface area contributed by atoms with Crippen LogP contribution in [0.3, 0.4) is 0 Å². The topological polar surface area (TPSA) is 55.6 Å². The van der Waals surface area contributed by atoms with Crippen molar-refractivity contribution in [2.75, 3.05) is 5.32 Å². The first-order valence-electron chi connectivity index (χ1n) is 8.56. The first-order valence-corrected chi connectivity index (χ1v) is 10.4. The van der Waals surface area contributed by atoms with Crippen molar-refractivity contribution in [1.29, 1.82) is 0 Å². The molecule has 27 heavy (non-hydrogen) atoms. The predicted molar refractivity (Wildman–Crippen MR) is 112 cm³/mol. The highest BCUT2D eigenvalue weighted by Crippen LogP contribution is 2.28. The molecule has 7 heteroatoms. The first-order chi connectivity index (χ1) is 13.2. The average Bonchev–Trinajstić information content (AvgIpc) is 3.31. The summed E-state index contributed by atoms with van der Waals surface area (Å²) in [7, 11) is 0. The molecule has 136 valence electrons. The second kappa shape index (κ2) is 7.94. The van der Waals surface area contributed by atoms with Crippen molar-refractivity contribution >= 4 is 33.9 Å². The average molecular weight is 394 g/mol. The Morgan fingerprint density at radius 3 is 2.63 bits per heavy atom. The van der Waals surface area contributed by atoms with Crippen LogP contribution in [0.2, 0.25) is 0 Å². The SMILES string of the molecule is Cc1ccccc1Nc1nc(CSc2nncn2-c2ccccc2C)cs1. The van der Waals surface area contributed by atoms with Crippen molar-refractivity contribution in [1.82, 2.24) is 19.7 Å². The minimum atomic E-state index is 0.747. The lowest BCUT2D eigenvalue weighted by Crippen LogP contribution is -1.98. The van der Waals surface area contributed by atoms with E-state index in [1.165, 1.54) is 11.1 Å². The van der Waals surface area contributed by atoms with Crippen LogP contribution in [-0.2, 0) is 5.75 Å². The van der Waals surface area contributed by atoms with Crippen LogP contribution in [0.4, 0.5) is 10.8 Å². The fraction of sp³-hybridized carbons (Fsp3) is 0.150. The van der Waals surface area contributed by atoms with Gasteiger partial charge in [-0.3, -0.25) is 4.57 Å². The number of hydrogen-bond donors (Lipinski definition) is 1. The van der Waals surface area contributed by atoms with E-state index in [9.17, 15) is 0 Å². The second-order valence-electron chi connectivity index (χ2n) is 6.14. The van der Waals surface area contributed by atoms with Gasteiger partial charge in [-0.2, -0.15) is 0 Å². The van der Waals surface area contributed by atoms with E-state index < -0.39 is 0 Å². The first kappa shape index (κ1) is 17.8. The molecule has 2 heterocycles. The quantitative estimate of drug-likeness (QED) is 0.446. The molecular weight excluding hydrogens is 374 g/mol. The lowest BCUT2D eigenvalue weighted by atomic mass is 10.2.